The number of carboxylic acid groups (broad SMARTS) is 1. The quantitative estimate of drug-likeness (QED) is 0.666. The molecule has 7 unspecified atom stereocenters. The van der Waals surface area contributed by atoms with Crippen molar-refractivity contribution >= 4 is 11.9 Å². The van der Waals surface area contributed by atoms with E-state index in [1.165, 1.54) is 6.42 Å². The van der Waals surface area contributed by atoms with Gasteiger partial charge >= 0.3 is 11.9 Å². The Balaban J connectivity index is 1.57. The van der Waals surface area contributed by atoms with Crippen molar-refractivity contribution in [3.8, 4) is 0 Å². The van der Waals surface area contributed by atoms with Crippen LogP contribution < -0.4 is 0 Å². The molecule has 164 valence electrons. The molecule has 7 atom stereocenters. The number of hydrogen-bond acceptors (Lipinski definition) is 4. The van der Waals surface area contributed by atoms with Gasteiger partial charge in [-0.1, -0.05) is 27.2 Å². The molecule has 0 aromatic carbocycles. The number of fused-ring (bicyclic) bond motifs is 3. The normalized spacial score (nSPS) is 46.1. The van der Waals surface area contributed by atoms with Gasteiger partial charge in [0.05, 0.1) is 24.5 Å². The van der Waals surface area contributed by atoms with Gasteiger partial charge in [0.2, 0.25) is 0 Å². The van der Waals surface area contributed by atoms with E-state index in [4.69, 9.17) is 4.74 Å². The van der Waals surface area contributed by atoms with Crippen LogP contribution >= 0.6 is 0 Å². The van der Waals surface area contributed by atoms with E-state index in [1.807, 2.05) is 13.8 Å². The van der Waals surface area contributed by atoms with E-state index in [-0.39, 0.29) is 35.2 Å². The predicted octanol–water partition coefficient (Wildman–Crippen LogP) is 4.27. The van der Waals surface area contributed by atoms with Crippen molar-refractivity contribution < 1.29 is 24.5 Å². The molecule has 4 saturated carbocycles. The van der Waals surface area contributed by atoms with Crippen molar-refractivity contribution in [2.75, 3.05) is 13.2 Å². The summed E-state index contributed by atoms with van der Waals surface area (Å²) in [5, 5.41) is 20.2. The Morgan fingerprint density at radius 1 is 1.07 bits per heavy atom. The van der Waals surface area contributed by atoms with Crippen molar-refractivity contribution in [1.82, 2.24) is 0 Å². The van der Waals surface area contributed by atoms with Gasteiger partial charge in [0.15, 0.2) is 0 Å². The standard InChI is InChI=1S/C24H38O5/c1-15(2)20(26)29-13-17-12-23-10-7-19-22(3,18(23)6-5-16(17)11-23)8-4-9-24(19,14-25)21(27)28/h15-19,25H,4-14H2,1-3H3,(H,27,28). The molecule has 2 bridgehead atoms. The molecule has 4 rings (SSSR count). The number of esters is 1. The van der Waals surface area contributed by atoms with E-state index in [0.717, 1.165) is 44.9 Å². The highest BCUT2D eigenvalue weighted by molar-refractivity contribution is 5.75. The molecule has 1 spiro atoms. The summed E-state index contributed by atoms with van der Waals surface area (Å²) >= 11 is 0. The molecule has 2 N–H and O–H groups in total. The first-order valence-electron chi connectivity index (χ1n) is 11.7. The molecule has 0 heterocycles. The maximum Gasteiger partial charge on any atom is 0.312 e. The van der Waals surface area contributed by atoms with E-state index in [9.17, 15) is 19.8 Å². The zero-order valence-electron chi connectivity index (χ0n) is 18.3. The molecule has 4 aliphatic carbocycles. The lowest BCUT2D eigenvalue weighted by Gasteiger charge is -2.63. The summed E-state index contributed by atoms with van der Waals surface area (Å²) in [6, 6.07) is 0. The summed E-state index contributed by atoms with van der Waals surface area (Å²) in [6.45, 7) is 6.41. The third kappa shape index (κ3) is 3.05. The average Bonchev–Trinajstić information content (AvgIpc) is 2.94. The Labute approximate surface area is 174 Å². The van der Waals surface area contributed by atoms with Crippen LogP contribution in [0.15, 0.2) is 0 Å². The summed E-state index contributed by atoms with van der Waals surface area (Å²) < 4.78 is 5.64. The van der Waals surface area contributed by atoms with Gasteiger partial charge < -0.3 is 14.9 Å². The number of carbonyl (C=O) groups is 2. The van der Waals surface area contributed by atoms with Crippen LogP contribution in [0.2, 0.25) is 0 Å². The Morgan fingerprint density at radius 3 is 2.48 bits per heavy atom. The zero-order chi connectivity index (χ0) is 21.0. The highest BCUT2D eigenvalue weighted by Gasteiger charge is 2.66. The SMILES string of the molecule is CC(C)C(=O)OCC1CC23CCC4C(CO)(C(=O)O)CCCC4(C)C2CCC1C3. The Bertz CT molecular complexity index is 674. The topological polar surface area (TPSA) is 83.8 Å². The van der Waals surface area contributed by atoms with Gasteiger partial charge in [0, 0.05) is 0 Å². The zero-order valence-corrected chi connectivity index (χ0v) is 18.3. The van der Waals surface area contributed by atoms with E-state index >= 15 is 0 Å². The Kier molecular flexibility index (Phi) is 5.28. The predicted molar refractivity (Wildman–Crippen MR) is 109 cm³/mol. The molecule has 0 aromatic heterocycles. The number of carboxylic acids is 1. The van der Waals surface area contributed by atoms with Gasteiger partial charge in [-0.2, -0.15) is 0 Å². The molecular formula is C24H38O5. The molecular weight excluding hydrogens is 368 g/mol. The van der Waals surface area contributed by atoms with Crippen LogP contribution in [0.25, 0.3) is 0 Å². The van der Waals surface area contributed by atoms with Crippen LogP contribution in [-0.2, 0) is 14.3 Å². The van der Waals surface area contributed by atoms with Gasteiger partial charge in [0.1, 0.15) is 0 Å². The van der Waals surface area contributed by atoms with E-state index < -0.39 is 11.4 Å². The maximum atomic E-state index is 12.3. The average molecular weight is 407 g/mol. The fourth-order valence-electron chi connectivity index (χ4n) is 8.46. The molecule has 4 fully saturated rings. The van der Waals surface area contributed by atoms with Crippen LogP contribution in [0.3, 0.4) is 0 Å². The smallest absolute Gasteiger partial charge is 0.312 e. The molecule has 5 heteroatoms. The van der Waals surface area contributed by atoms with Crippen molar-refractivity contribution in [3.63, 3.8) is 0 Å². The molecule has 0 radical (unpaired) electrons. The highest BCUT2D eigenvalue weighted by atomic mass is 16.5. The monoisotopic (exact) mass is 406 g/mol. The molecule has 0 saturated heterocycles. The van der Waals surface area contributed by atoms with Crippen LogP contribution in [-0.4, -0.2) is 35.4 Å². The second kappa shape index (κ2) is 7.25. The summed E-state index contributed by atoms with van der Waals surface area (Å²) in [5.41, 5.74) is -0.692. The third-order valence-corrected chi connectivity index (χ3v) is 9.72. The third-order valence-electron chi connectivity index (χ3n) is 9.72. The molecule has 4 aliphatic rings. The number of aliphatic carboxylic acids is 1. The number of hydrogen-bond donors (Lipinski definition) is 2. The summed E-state index contributed by atoms with van der Waals surface area (Å²) in [4.78, 5) is 24.2. The Morgan fingerprint density at radius 2 is 1.83 bits per heavy atom. The van der Waals surface area contributed by atoms with Gasteiger partial charge in [-0.25, -0.2) is 0 Å². The van der Waals surface area contributed by atoms with Gasteiger partial charge in [-0.05, 0) is 85.9 Å². The van der Waals surface area contributed by atoms with Gasteiger partial charge in [-0.3, -0.25) is 9.59 Å². The van der Waals surface area contributed by atoms with Crippen molar-refractivity contribution in [2.24, 2.45) is 45.8 Å². The number of aliphatic hydroxyl groups excluding tert-OH is 1. The summed E-state index contributed by atoms with van der Waals surface area (Å²) in [7, 11) is 0. The van der Waals surface area contributed by atoms with Crippen molar-refractivity contribution in [3.05, 3.63) is 0 Å². The maximum absolute atomic E-state index is 12.3. The number of rotatable bonds is 5. The fraction of sp³-hybridized carbons (Fsp3) is 0.917. The molecule has 29 heavy (non-hydrogen) atoms. The lowest BCUT2D eigenvalue weighted by Crippen LogP contribution is -2.60. The van der Waals surface area contributed by atoms with Gasteiger partial charge in [0.25, 0.3) is 0 Å². The lowest BCUT2D eigenvalue weighted by atomic mass is 9.41. The second-order valence-corrected chi connectivity index (χ2v) is 11.3. The minimum Gasteiger partial charge on any atom is -0.481 e. The van der Waals surface area contributed by atoms with E-state index in [0.29, 0.717) is 30.8 Å². The minimum absolute atomic E-state index is 0.00785. The first-order valence-corrected chi connectivity index (χ1v) is 11.7. The number of aliphatic hydroxyl groups is 1. The molecule has 0 aliphatic heterocycles. The van der Waals surface area contributed by atoms with Crippen LogP contribution in [0.5, 0.6) is 0 Å². The van der Waals surface area contributed by atoms with Crippen molar-refractivity contribution in [2.45, 2.75) is 78.6 Å². The summed E-state index contributed by atoms with van der Waals surface area (Å²) in [5.74, 6) is 0.701. The van der Waals surface area contributed by atoms with E-state index in [1.54, 1.807) is 0 Å². The first-order chi connectivity index (χ1) is 13.7. The fourth-order valence-corrected chi connectivity index (χ4v) is 8.46. The van der Waals surface area contributed by atoms with Crippen LogP contribution in [0.4, 0.5) is 0 Å². The molecule has 0 aromatic rings. The van der Waals surface area contributed by atoms with Crippen LogP contribution in [0.1, 0.15) is 78.6 Å². The van der Waals surface area contributed by atoms with Crippen LogP contribution in [0, 0.1) is 45.8 Å². The summed E-state index contributed by atoms with van der Waals surface area (Å²) in [6.07, 6.45) is 9.21. The van der Waals surface area contributed by atoms with E-state index in [2.05, 4.69) is 6.92 Å². The second-order valence-electron chi connectivity index (χ2n) is 11.3. The first kappa shape index (κ1) is 21.1. The number of ether oxygens (including phenoxy) is 1. The minimum atomic E-state index is -0.962. The lowest BCUT2D eigenvalue weighted by molar-refractivity contribution is -0.191. The Hall–Kier alpha value is -1.10. The number of carbonyl (C=O) groups excluding carboxylic acids is 1. The van der Waals surface area contributed by atoms with Gasteiger partial charge in [-0.15, -0.1) is 0 Å². The largest absolute Gasteiger partial charge is 0.481 e. The molecule has 5 nitrogen and oxygen atoms in total. The molecule has 0 amide bonds. The highest BCUT2D eigenvalue weighted by Crippen LogP contribution is 2.72. The van der Waals surface area contributed by atoms with Crippen molar-refractivity contribution in [1.29, 1.82) is 0 Å².